The van der Waals surface area contributed by atoms with Crippen molar-refractivity contribution in [3.63, 3.8) is 0 Å². The molecule has 2 rings (SSSR count). The Morgan fingerprint density at radius 3 is 2.68 bits per heavy atom. The second-order valence-corrected chi connectivity index (χ2v) is 6.64. The van der Waals surface area contributed by atoms with Crippen LogP contribution in [0.15, 0.2) is 18.2 Å². The first-order chi connectivity index (χ1) is 9.06. The van der Waals surface area contributed by atoms with Gasteiger partial charge in [-0.2, -0.15) is 0 Å². The zero-order chi connectivity index (χ0) is 13.8. The third kappa shape index (κ3) is 3.96. The monoisotopic (exact) mass is 325 g/mol. The topological polar surface area (TPSA) is 49.3 Å². The van der Waals surface area contributed by atoms with E-state index in [0.29, 0.717) is 22.9 Å². The molecule has 1 fully saturated rings. The maximum atomic E-state index is 12.0. The maximum Gasteiger partial charge on any atom is 0.255 e. The molecule has 0 atom stereocenters. The molecule has 1 aromatic rings. The molecule has 0 spiro atoms. The summed E-state index contributed by atoms with van der Waals surface area (Å²) in [5.41, 5.74) is 1.31. The van der Waals surface area contributed by atoms with Gasteiger partial charge in [-0.25, -0.2) is 0 Å². The zero-order valence-electron chi connectivity index (χ0n) is 11.2. The minimum atomic E-state index is -0.182. The fourth-order valence-electron chi connectivity index (χ4n) is 2.49. The first kappa shape index (κ1) is 14.4. The number of phenols is 1. The fraction of sp³-hybridized carbons (Fsp3) is 0.533. The van der Waals surface area contributed by atoms with E-state index in [-0.39, 0.29) is 11.7 Å². The van der Waals surface area contributed by atoms with E-state index in [1.54, 1.807) is 12.1 Å². The van der Waals surface area contributed by atoms with Crippen molar-refractivity contribution in [1.29, 1.82) is 0 Å². The Bertz CT molecular complexity index is 453. The molecule has 1 aliphatic carbocycles. The Morgan fingerprint density at radius 2 is 2.05 bits per heavy atom. The molecule has 1 amide bonds. The van der Waals surface area contributed by atoms with Gasteiger partial charge in [0.25, 0.3) is 5.91 Å². The summed E-state index contributed by atoms with van der Waals surface area (Å²) in [5, 5.41) is 12.7. The smallest absolute Gasteiger partial charge is 0.255 e. The van der Waals surface area contributed by atoms with Gasteiger partial charge in [-0.15, -0.1) is 0 Å². The predicted octanol–water partition coefficient (Wildman–Crippen LogP) is 3.38. The van der Waals surface area contributed by atoms with E-state index in [4.69, 9.17) is 0 Å². The van der Waals surface area contributed by atoms with Crippen LogP contribution in [-0.2, 0) is 0 Å². The Morgan fingerprint density at radius 1 is 1.37 bits per heavy atom. The Balaban J connectivity index is 1.87. The summed E-state index contributed by atoms with van der Waals surface area (Å²) >= 11 is 3.63. The highest BCUT2D eigenvalue weighted by Crippen LogP contribution is 2.28. The average Bonchev–Trinajstić information content (AvgIpc) is 2.37. The highest BCUT2D eigenvalue weighted by molar-refractivity contribution is 9.09. The number of halogens is 1. The molecule has 0 unspecified atom stereocenters. The van der Waals surface area contributed by atoms with Crippen LogP contribution in [0.4, 0.5) is 0 Å². The maximum absolute atomic E-state index is 12.0. The minimum Gasteiger partial charge on any atom is -0.507 e. The third-order valence-corrected chi connectivity index (χ3v) is 4.64. The van der Waals surface area contributed by atoms with Crippen molar-refractivity contribution in [1.82, 2.24) is 5.32 Å². The summed E-state index contributed by atoms with van der Waals surface area (Å²) in [4.78, 5) is 12.6. The van der Waals surface area contributed by atoms with Gasteiger partial charge in [0, 0.05) is 11.4 Å². The summed E-state index contributed by atoms with van der Waals surface area (Å²) in [6.07, 6.45) is 4.65. The molecule has 19 heavy (non-hydrogen) atoms. The van der Waals surface area contributed by atoms with Crippen molar-refractivity contribution in [2.45, 2.75) is 37.4 Å². The predicted molar refractivity (Wildman–Crippen MR) is 79.9 cm³/mol. The van der Waals surface area contributed by atoms with Crippen LogP contribution in [0.25, 0.3) is 0 Å². The second kappa shape index (κ2) is 6.42. The van der Waals surface area contributed by atoms with Gasteiger partial charge in [0.1, 0.15) is 5.75 Å². The molecule has 4 heteroatoms. The minimum absolute atomic E-state index is 0.0571. The molecule has 2 N–H and O–H groups in total. The number of aryl methyl sites for hydroxylation is 1. The van der Waals surface area contributed by atoms with Crippen molar-refractivity contribution >= 4 is 21.8 Å². The first-order valence-corrected chi connectivity index (χ1v) is 7.69. The van der Waals surface area contributed by atoms with Crippen molar-refractivity contribution in [3.8, 4) is 5.75 Å². The Labute approximate surface area is 122 Å². The number of carbonyl (C=O) groups excluding carboxylic acids is 1. The zero-order valence-corrected chi connectivity index (χ0v) is 12.7. The van der Waals surface area contributed by atoms with Gasteiger partial charge >= 0.3 is 0 Å². The van der Waals surface area contributed by atoms with Crippen molar-refractivity contribution < 1.29 is 9.90 Å². The van der Waals surface area contributed by atoms with Crippen molar-refractivity contribution in [2.24, 2.45) is 5.92 Å². The molecular weight excluding hydrogens is 306 g/mol. The van der Waals surface area contributed by atoms with Crippen LogP contribution in [0.1, 0.15) is 41.6 Å². The first-order valence-electron chi connectivity index (χ1n) is 6.78. The lowest BCUT2D eigenvalue weighted by Crippen LogP contribution is -2.31. The molecular formula is C15H20BrNO2. The van der Waals surface area contributed by atoms with Crippen LogP contribution in [0.2, 0.25) is 0 Å². The Kier molecular flexibility index (Phi) is 4.86. The number of rotatable bonds is 3. The lowest BCUT2D eigenvalue weighted by atomic mass is 9.89. The standard InChI is InChI=1S/C15H20BrNO2/c1-10-2-7-13(14(18)8-10)15(19)17-9-11-3-5-12(16)6-4-11/h2,7-8,11-12,18H,3-6,9H2,1H3,(H,17,19). The number of carbonyl (C=O) groups is 1. The molecule has 0 aromatic heterocycles. The lowest BCUT2D eigenvalue weighted by Gasteiger charge is -2.25. The van der Waals surface area contributed by atoms with E-state index >= 15 is 0 Å². The average molecular weight is 326 g/mol. The summed E-state index contributed by atoms with van der Waals surface area (Å²) in [6.45, 7) is 2.59. The number of phenolic OH excluding ortho intramolecular Hbond substituents is 1. The second-order valence-electron chi connectivity index (χ2n) is 5.35. The van der Waals surface area contributed by atoms with Gasteiger partial charge in [0.05, 0.1) is 5.56 Å². The molecule has 0 bridgehead atoms. The van der Waals surface area contributed by atoms with Gasteiger partial charge in [-0.3, -0.25) is 4.79 Å². The molecule has 0 aliphatic heterocycles. The molecule has 3 nitrogen and oxygen atoms in total. The van der Waals surface area contributed by atoms with Gasteiger partial charge < -0.3 is 10.4 Å². The molecule has 0 radical (unpaired) electrons. The quantitative estimate of drug-likeness (QED) is 0.837. The van der Waals surface area contributed by atoms with Gasteiger partial charge in [-0.05, 0) is 56.2 Å². The van der Waals surface area contributed by atoms with Gasteiger partial charge in [0.15, 0.2) is 0 Å². The lowest BCUT2D eigenvalue weighted by molar-refractivity contribution is 0.0941. The van der Waals surface area contributed by atoms with E-state index in [1.807, 2.05) is 13.0 Å². The van der Waals surface area contributed by atoms with Crippen molar-refractivity contribution in [2.75, 3.05) is 6.54 Å². The molecule has 0 saturated heterocycles. The van der Waals surface area contributed by atoms with Crippen LogP contribution < -0.4 is 5.32 Å². The molecule has 1 aliphatic rings. The number of amides is 1. The Hall–Kier alpha value is -1.03. The largest absolute Gasteiger partial charge is 0.507 e. The SMILES string of the molecule is Cc1ccc(C(=O)NCC2CCC(Br)CC2)c(O)c1. The van der Waals surface area contributed by atoms with Gasteiger partial charge in [0.2, 0.25) is 0 Å². The van der Waals surface area contributed by atoms with Crippen LogP contribution in [0.3, 0.4) is 0 Å². The van der Waals surface area contributed by atoms with E-state index in [0.717, 1.165) is 18.4 Å². The van der Waals surface area contributed by atoms with E-state index in [1.165, 1.54) is 12.8 Å². The van der Waals surface area contributed by atoms with Crippen LogP contribution in [-0.4, -0.2) is 22.4 Å². The number of hydrogen-bond donors (Lipinski definition) is 2. The van der Waals surface area contributed by atoms with E-state index in [2.05, 4.69) is 21.2 Å². The molecule has 1 saturated carbocycles. The molecule has 0 heterocycles. The normalized spacial score (nSPS) is 23.1. The molecule has 1 aromatic carbocycles. The van der Waals surface area contributed by atoms with Crippen LogP contribution in [0, 0.1) is 12.8 Å². The summed E-state index contributed by atoms with van der Waals surface area (Å²) in [7, 11) is 0. The van der Waals surface area contributed by atoms with Crippen LogP contribution >= 0.6 is 15.9 Å². The molecule has 104 valence electrons. The fourth-order valence-corrected chi connectivity index (χ4v) is 3.02. The number of aromatic hydroxyl groups is 1. The van der Waals surface area contributed by atoms with Gasteiger partial charge in [-0.1, -0.05) is 22.0 Å². The summed E-state index contributed by atoms with van der Waals surface area (Å²) < 4.78 is 0. The number of nitrogens with one attached hydrogen (secondary N) is 1. The van der Waals surface area contributed by atoms with Crippen LogP contribution in [0.5, 0.6) is 5.75 Å². The third-order valence-electron chi connectivity index (χ3n) is 3.73. The van der Waals surface area contributed by atoms with E-state index in [9.17, 15) is 9.90 Å². The highest BCUT2D eigenvalue weighted by atomic mass is 79.9. The van der Waals surface area contributed by atoms with E-state index < -0.39 is 0 Å². The number of alkyl halides is 1. The number of benzene rings is 1. The number of hydrogen-bond acceptors (Lipinski definition) is 2. The highest BCUT2D eigenvalue weighted by Gasteiger charge is 2.20. The summed E-state index contributed by atoms with van der Waals surface area (Å²) in [5.74, 6) is 0.436. The van der Waals surface area contributed by atoms with Crippen molar-refractivity contribution in [3.05, 3.63) is 29.3 Å². The summed E-state index contributed by atoms with van der Waals surface area (Å²) in [6, 6.07) is 5.13.